The van der Waals surface area contributed by atoms with E-state index in [0.717, 1.165) is 20.2 Å². The summed E-state index contributed by atoms with van der Waals surface area (Å²) < 4.78 is 3.43. The fraction of sp³-hybridized carbons (Fsp3) is 0.167. The lowest BCUT2D eigenvalue weighted by molar-refractivity contribution is -0.116. The first-order chi connectivity index (χ1) is 8.54. The van der Waals surface area contributed by atoms with E-state index in [-0.39, 0.29) is 12.5 Å². The Hall–Kier alpha value is -1.14. The van der Waals surface area contributed by atoms with Crippen molar-refractivity contribution in [1.29, 1.82) is 0 Å². The molecule has 1 N–H and O–H groups in total. The molecule has 0 saturated heterocycles. The van der Waals surface area contributed by atoms with Crippen LogP contribution in [0.25, 0.3) is 0 Å². The fourth-order valence-electron chi connectivity index (χ4n) is 1.53. The maximum absolute atomic E-state index is 11.8. The number of halogens is 2. The number of nitrogens with zero attached hydrogens (tertiary/aromatic N) is 2. The molecular formula is C12H11Br2N3O. The number of hydrogen-bond acceptors (Lipinski definition) is 2. The number of aryl methyl sites for hydroxylation is 1. The van der Waals surface area contributed by atoms with E-state index in [2.05, 4.69) is 42.3 Å². The van der Waals surface area contributed by atoms with Crippen molar-refractivity contribution in [2.45, 2.75) is 13.5 Å². The Labute approximate surface area is 122 Å². The van der Waals surface area contributed by atoms with E-state index in [9.17, 15) is 4.79 Å². The van der Waals surface area contributed by atoms with Gasteiger partial charge in [0, 0.05) is 16.4 Å². The maximum Gasteiger partial charge on any atom is 0.246 e. The zero-order valence-corrected chi connectivity index (χ0v) is 12.8. The first-order valence-electron chi connectivity index (χ1n) is 5.28. The van der Waals surface area contributed by atoms with Gasteiger partial charge in [-0.2, -0.15) is 5.10 Å². The van der Waals surface area contributed by atoms with Gasteiger partial charge in [-0.15, -0.1) is 0 Å². The minimum Gasteiger partial charge on any atom is -0.324 e. The number of carbonyl (C=O) groups excluding carboxylic acids is 1. The number of benzene rings is 1. The van der Waals surface area contributed by atoms with Crippen LogP contribution in [0.3, 0.4) is 0 Å². The van der Waals surface area contributed by atoms with Gasteiger partial charge in [0.1, 0.15) is 6.54 Å². The van der Waals surface area contributed by atoms with Crippen LogP contribution in [-0.2, 0) is 11.3 Å². The molecule has 0 spiro atoms. The fourth-order valence-corrected chi connectivity index (χ4v) is 2.33. The van der Waals surface area contributed by atoms with Crippen LogP contribution in [0, 0.1) is 6.92 Å². The average molecular weight is 373 g/mol. The summed E-state index contributed by atoms with van der Waals surface area (Å²) in [6.45, 7) is 2.14. The predicted molar refractivity (Wildman–Crippen MR) is 77.4 cm³/mol. The lowest BCUT2D eigenvalue weighted by atomic mass is 10.2. The molecule has 1 amide bonds. The second-order valence-electron chi connectivity index (χ2n) is 3.86. The third-order valence-electron chi connectivity index (χ3n) is 2.37. The summed E-state index contributed by atoms with van der Waals surface area (Å²) in [4.78, 5) is 11.8. The summed E-state index contributed by atoms with van der Waals surface area (Å²) in [7, 11) is 0. The second-order valence-corrected chi connectivity index (χ2v) is 5.69. The Bertz CT molecular complexity index is 580. The molecule has 2 rings (SSSR count). The lowest BCUT2D eigenvalue weighted by Crippen LogP contribution is -2.19. The molecule has 1 aromatic carbocycles. The zero-order chi connectivity index (χ0) is 13.1. The molecule has 1 heterocycles. The van der Waals surface area contributed by atoms with Crippen molar-refractivity contribution in [3.05, 3.63) is 45.1 Å². The van der Waals surface area contributed by atoms with Crippen molar-refractivity contribution < 1.29 is 4.79 Å². The van der Waals surface area contributed by atoms with E-state index in [1.807, 2.05) is 25.1 Å². The molecule has 0 aliphatic rings. The van der Waals surface area contributed by atoms with Crippen LogP contribution >= 0.6 is 31.9 Å². The molecule has 0 bridgehead atoms. The third kappa shape index (κ3) is 3.43. The van der Waals surface area contributed by atoms with Crippen molar-refractivity contribution in [2.75, 3.05) is 5.32 Å². The van der Waals surface area contributed by atoms with Crippen LogP contribution in [0.15, 0.2) is 39.5 Å². The second kappa shape index (κ2) is 5.67. The van der Waals surface area contributed by atoms with Crippen molar-refractivity contribution in [1.82, 2.24) is 9.78 Å². The van der Waals surface area contributed by atoms with E-state index in [4.69, 9.17) is 0 Å². The van der Waals surface area contributed by atoms with Crippen molar-refractivity contribution in [2.24, 2.45) is 0 Å². The van der Waals surface area contributed by atoms with Gasteiger partial charge in [-0.1, -0.05) is 15.9 Å². The van der Waals surface area contributed by atoms with E-state index in [0.29, 0.717) is 0 Å². The number of hydrogen-bond donors (Lipinski definition) is 1. The molecule has 2 aromatic rings. The molecule has 0 saturated carbocycles. The highest BCUT2D eigenvalue weighted by Gasteiger charge is 2.06. The Kier molecular flexibility index (Phi) is 4.19. The molecule has 0 aliphatic heterocycles. The van der Waals surface area contributed by atoms with Crippen molar-refractivity contribution in [3.8, 4) is 0 Å². The lowest BCUT2D eigenvalue weighted by Gasteiger charge is -2.08. The summed E-state index contributed by atoms with van der Waals surface area (Å²) in [6.07, 6.45) is 3.41. The summed E-state index contributed by atoms with van der Waals surface area (Å²) in [5, 5.41) is 6.89. The normalized spacial score (nSPS) is 10.4. The standard InChI is InChI=1S/C12H11Br2N3O/c1-8-4-9(13)2-3-11(8)16-12(18)7-17-6-10(14)5-15-17/h2-6H,7H2,1H3,(H,16,18). The van der Waals surface area contributed by atoms with Crippen molar-refractivity contribution >= 4 is 43.5 Å². The number of nitrogens with one attached hydrogen (secondary N) is 1. The van der Waals surface area contributed by atoms with Crippen LogP contribution < -0.4 is 5.32 Å². The smallest absolute Gasteiger partial charge is 0.246 e. The van der Waals surface area contributed by atoms with Crippen LogP contribution in [0.1, 0.15) is 5.56 Å². The highest BCUT2D eigenvalue weighted by Crippen LogP contribution is 2.20. The molecule has 6 heteroatoms. The molecular weight excluding hydrogens is 362 g/mol. The molecule has 0 unspecified atom stereocenters. The quantitative estimate of drug-likeness (QED) is 0.897. The van der Waals surface area contributed by atoms with Gasteiger partial charge in [-0.05, 0) is 46.6 Å². The summed E-state index contributed by atoms with van der Waals surface area (Å²) in [6, 6.07) is 5.73. The van der Waals surface area contributed by atoms with Crippen molar-refractivity contribution in [3.63, 3.8) is 0 Å². The third-order valence-corrected chi connectivity index (χ3v) is 3.27. The number of aromatic nitrogens is 2. The number of anilines is 1. The maximum atomic E-state index is 11.8. The molecule has 4 nitrogen and oxygen atoms in total. The topological polar surface area (TPSA) is 46.9 Å². The van der Waals surface area contributed by atoms with E-state index < -0.39 is 0 Å². The number of carbonyl (C=O) groups is 1. The van der Waals surface area contributed by atoms with Gasteiger partial charge in [0.05, 0.1) is 10.7 Å². The Balaban J connectivity index is 2.03. The first-order valence-corrected chi connectivity index (χ1v) is 6.87. The van der Waals surface area contributed by atoms with Crippen LogP contribution in [0.4, 0.5) is 5.69 Å². The van der Waals surface area contributed by atoms with Gasteiger partial charge < -0.3 is 5.32 Å². The molecule has 0 atom stereocenters. The SMILES string of the molecule is Cc1cc(Br)ccc1NC(=O)Cn1cc(Br)cn1. The van der Waals surface area contributed by atoms with Crippen LogP contribution in [-0.4, -0.2) is 15.7 Å². The van der Waals surface area contributed by atoms with Crippen LogP contribution in [0.5, 0.6) is 0 Å². The number of rotatable bonds is 3. The number of amides is 1. The van der Waals surface area contributed by atoms with Gasteiger partial charge in [-0.3, -0.25) is 9.48 Å². The highest BCUT2D eigenvalue weighted by atomic mass is 79.9. The molecule has 1 aromatic heterocycles. The van der Waals surface area contributed by atoms with Gasteiger partial charge in [0.15, 0.2) is 0 Å². The monoisotopic (exact) mass is 371 g/mol. The largest absolute Gasteiger partial charge is 0.324 e. The Morgan fingerprint density at radius 1 is 1.39 bits per heavy atom. The molecule has 18 heavy (non-hydrogen) atoms. The molecule has 94 valence electrons. The van der Waals surface area contributed by atoms with Gasteiger partial charge in [0.2, 0.25) is 5.91 Å². The minimum absolute atomic E-state index is 0.101. The van der Waals surface area contributed by atoms with Gasteiger partial charge in [0.25, 0.3) is 0 Å². The van der Waals surface area contributed by atoms with E-state index in [1.165, 1.54) is 0 Å². The Morgan fingerprint density at radius 3 is 2.78 bits per heavy atom. The summed E-state index contributed by atoms with van der Waals surface area (Å²) in [5.74, 6) is -0.101. The van der Waals surface area contributed by atoms with Gasteiger partial charge in [-0.25, -0.2) is 0 Å². The predicted octanol–water partition coefficient (Wildman–Crippen LogP) is 3.36. The van der Waals surface area contributed by atoms with Gasteiger partial charge >= 0.3 is 0 Å². The molecule has 0 fully saturated rings. The average Bonchev–Trinajstić information content (AvgIpc) is 2.68. The van der Waals surface area contributed by atoms with E-state index >= 15 is 0 Å². The van der Waals surface area contributed by atoms with E-state index in [1.54, 1.807) is 17.1 Å². The minimum atomic E-state index is -0.101. The zero-order valence-electron chi connectivity index (χ0n) is 9.65. The highest BCUT2D eigenvalue weighted by molar-refractivity contribution is 9.10. The van der Waals surface area contributed by atoms with Crippen LogP contribution in [0.2, 0.25) is 0 Å². The first kappa shape index (κ1) is 13.3. The molecule has 0 aliphatic carbocycles. The summed E-state index contributed by atoms with van der Waals surface area (Å²) in [5.41, 5.74) is 1.83. The molecule has 0 radical (unpaired) electrons. The summed E-state index contributed by atoms with van der Waals surface area (Å²) >= 11 is 6.68. The Morgan fingerprint density at radius 2 is 2.17 bits per heavy atom.